The molecule has 0 bridgehead atoms. The maximum atomic E-state index is 12.4. The van der Waals surface area contributed by atoms with Gasteiger partial charge in [-0.05, 0) is 60.2 Å². The zero-order valence-electron chi connectivity index (χ0n) is 16.6. The van der Waals surface area contributed by atoms with E-state index in [1.165, 1.54) is 10.7 Å². The zero-order chi connectivity index (χ0) is 21.7. The third-order valence-corrected chi connectivity index (χ3v) is 4.72. The van der Waals surface area contributed by atoms with E-state index in [4.69, 9.17) is 16.3 Å². The molecule has 30 heavy (non-hydrogen) atoms. The monoisotopic (exact) mass is 428 g/mol. The Labute approximate surface area is 178 Å². The van der Waals surface area contributed by atoms with Gasteiger partial charge in [0.1, 0.15) is 12.4 Å². The van der Waals surface area contributed by atoms with E-state index in [0.717, 1.165) is 16.9 Å². The van der Waals surface area contributed by atoms with Crippen molar-refractivity contribution in [1.82, 2.24) is 15.1 Å². The molecule has 0 fully saturated rings. The Morgan fingerprint density at radius 3 is 2.73 bits per heavy atom. The summed E-state index contributed by atoms with van der Waals surface area (Å²) < 4.78 is 7.33. The van der Waals surface area contributed by atoms with E-state index < -0.39 is 4.92 Å². The molecule has 0 spiro atoms. The molecule has 0 saturated carbocycles. The second kappa shape index (κ2) is 9.41. The van der Waals surface area contributed by atoms with E-state index in [0.29, 0.717) is 36.0 Å². The minimum atomic E-state index is -0.540. The number of hydrogen-bond donors (Lipinski definition) is 1. The second-order valence-electron chi connectivity index (χ2n) is 6.78. The number of nitrogens with zero attached hydrogens (tertiary/aromatic N) is 3. The lowest BCUT2D eigenvalue weighted by molar-refractivity contribution is -0.389. The molecule has 0 aliphatic carbocycles. The van der Waals surface area contributed by atoms with Crippen LogP contribution in [-0.4, -0.2) is 27.2 Å². The number of nitrogens with one attached hydrogen (secondary N) is 1. The minimum Gasteiger partial charge on any atom is -0.489 e. The summed E-state index contributed by atoms with van der Waals surface area (Å²) >= 11 is 5.96. The van der Waals surface area contributed by atoms with E-state index in [1.807, 2.05) is 25.1 Å². The lowest BCUT2D eigenvalue weighted by Crippen LogP contribution is -2.27. The highest BCUT2D eigenvalue weighted by atomic mass is 35.5. The Kier molecular flexibility index (Phi) is 6.68. The summed E-state index contributed by atoms with van der Waals surface area (Å²) in [6, 6.07) is 14.0. The van der Waals surface area contributed by atoms with Gasteiger partial charge in [-0.2, -0.15) is 4.68 Å². The molecule has 0 radical (unpaired) electrons. The van der Waals surface area contributed by atoms with Crippen molar-refractivity contribution in [3.8, 4) is 5.75 Å². The topological polar surface area (TPSA) is 99.3 Å². The van der Waals surface area contributed by atoms with Gasteiger partial charge in [0.15, 0.2) is 0 Å². The van der Waals surface area contributed by atoms with Crippen molar-refractivity contribution in [2.24, 2.45) is 0 Å². The average Bonchev–Trinajstić information content (AvgIpc) is 3.08. The van der Waals surface area contributed by atoms with E-state index in [2.05, 4.69) is 10.4 Å². The van der Waals surface area contributed by atoms with Gasteiger partial charge in [-0.25, -0.2) is 0 Å². The quantitative estimate of drug-likeness (QED) is 0.430. The molecular weight excluding hydrogens is 408 g/mol. The largest absolute Gasteiger partial charge is 0.489 e. The number of benzene rings is 2. The molecule has 0 unspecified atom stereocenters. The number of carbonyl (C=O) groups is 1. The lowest BCUT2D eigenvalue weighted by Gasteiger charge is -2.10. The first kappa shape index (κ1) is 21.3. The Balaban J connectivity index is 1.56. The molecular formula is C21H21ClN4O4. The van der Waals surface area contributed by atoms with Gasteiger partial charge in [0, 0.05) is 17.1 Å². The summed E-state index contributed by atoms with van der Waals surface area (Å²) in [5.41, 5.74) is 2.96. The SMILES string of the molecule is Cc1cc(Cl)ccc1OCc1cccc(C(=O)NCCn2nc([N+](=O)[O-])cc2C)c1. The van der Waals surface area contributed by atoms with Crippen LogP contribution in [0, 0.1) is 24.0 Å². The van der Waals surface area contributed by atoms with Crippen molar-refractivity contribution in [3.63, 3.8) is 0 Å². The molecule has 3 rings (SSSR count). The summed E-state index contributed by atoms with van der Waals surface area (Å²) in [6.45, 7) is 4.60. The van der Waals surface area contributed by atoms with Crippen LogP contribution in [0.4, 0.5) is 5.82 Å². The smallest absolute Gasteiger partial charge is 0.390 e. The molecule has 156 valence electrons. The molecule has 0 saturated heterocycles. The van der Waals surface area contributed by atoms with Crippen LogP contribution < -0.4 is 10.1 Å². The van der Waals surface area contributed by atoms with Crippen LogP contribution in [0.3, 0.4) is 0 Å². The summed E-state index contributed by atoms with van der Waals surface area (Å²) in [4.78, 5) is 22.7. The molecule has 8 nitrogen and oxygen atoms in total. The highest BCUT2D eigenvalue weighted by Gasteiger charge is 2.15. The number of amides is 1. The third kappa shape index (κ3) is 5.36. The van der Waals surface area contributed by atoms with Crippen LogP contribution in [0.25, 0.3) is 0 Å². The van der Waals surface area contributed by atoms with E-state index in [-0.39, 0.29) is 11.7 Å². The molecule has 0 aliphatic rings. The van der Waals surface area contributed by atoms with E-state index in [1.54, 1.807) is 31.2 Å². The minimum absolute atomic E-state index is 0.206. The average molecular weight is 429 g/mol. The second-order valence-corrected chi connectivity index (χ2v) is 7.22. The first-order valence-electron chi connectivity index (χ1n) is 9.28. The van der Waals surface area contributed by atoms with E-state index in [9.17, 15) is 14.9 Å². The molecule has 2 aromatic carbocycles. The van der Waals surface area contributed by atoms with Crippen molar-refractivity contribution in [1.29, 1.82) is 0 Å². The fourth-order valence-corrected chi connectivity index (χ4v) is 3.15. The van der Waals surface area contributed by atoms with Gasteiger partial charge in [0.25, 0.3) is 5.91 Å². The highest BCUT2D eigenvalue weighted by molar-refractivity contribution is 6.30. The predicted octanol–water partition coefficient (Wildman–Crippen LogP) is 4.07. The van der Waals surface area contributed by atoms with Crippen LogP contribution >= 0.6 is 11.6 Å². The van der Waals surface area contributed by atoms with Crippen molar-refractivity contribution >= 4 is 23.3 Å². The van der Waals surface area contributed by atoms with Crippen molar-refractivity contribution in [2.45, 2.75) is 27.0 Å². The standard InChI is InChI=1S/C21H21ClN4O4/c1-14-10-18(22)6-7-19(14)30-13-16-4-3-5-17(12-16)21(27)23-8-9-25-15(2)11-20(24-25)26(28)29/h3-7,10-12H,8-9,13H2,1-2H3,(H,23,27). The Hall–Kier alpha value is -3.39. The Morgan fingerprint density at radius 1 is 1.23 bits per heavy atom. The van der Waals surface area contributed by atoms with Gasteiger partial charge < -0.3 is 20.2 Å². The fourth-order valence-electron chi connectivity index (χ4n) is 2.92. The maximum absolute atomic E-state index is 12.4. The number of aromatic nitrogens is 2. The van der Waals surface area contributed by atoms with Crippen molar-refractivity contribution < 1.29 is 14.5 Å². The number of hydrogen-bond acceptors (Lipinski definition) is 5. The molecule has 0 aliphatic heterocycles. The molecule has 1 amide bonds. The van der Waals surface area contributed by atoms with Gasteiger partial charge in [-0.1, -0.05) is 23.7 Å². The van der Waals surface area contributed by atoms with E-state index >= 15 is 0 Å². The number of ether oxygens (including phenoxy) is 1. The highest BCUT2D eigenvalue weighted by Crippen LogP contribution is 2.23. The summed E-state index contributed by atoms with van der Waals surface area (Å²) in [7, 11) is 0. The van der Waals surface area contributed by atoms with Crippen molar-refractivity contribution in [3.05, 3.63) is 86.1 Å². The maximum Gasteiger partial charge on any atom is 0.390 e. The van der Waals surface area contributed by atoms with Gasteiger partial charge in [-0.3, -0.25) is 4.79 Å². The van der Waals surface area contributed by atoms with Crippen LogP contribution in [0.2, 0.25) is 5.02 Å². The molecule has 1 heterocycles. The number of rotatable bonds is 8. The predicted molar refractivity (Wildman–Crippen MR) is 113 cm³/mol. The molecule has 0 atom stereocenters. The zero-order valence-corrected chi connectivity index (χ0v) is 17.3. The van der Waals surface area contributed by atoms with Crippen LogP contribution in [0.1, 0.15) is 27.2 Å². The van der Waals surface area contributed by atoms with Gasteiger partial charge in [0.05, 0.1) is 23.4 Å². The first-order chi connectivity index (χ1) is 14.3. The molecule has 1 N–H and O–H groups in total. The number of carbonyl (C=O) groups excluding carboxylic acids is 1. The van der Waals surface area contributed by atoms with Crippen LogP contribution in [-0.2, 0) is 13.2 Å². The summed E-state index contributed by atoms with van der Waals surface area (Å²) in [6.07, 6.45) is 0. The van der Waals surface area contributed by atoms with Crippen LogP contribution in [0.15, 0.2) is 48.5 Å². The third-order valence-electron chi connectivity index (χ3n) is 4.49. The van der Waals surface area contributed by atoms with Gasteiger partial charge in [0.2, 0.25) is 0 Å². The first-order valence-corrected chi connectivity index (χ1v) is 9.66. The summed E-state index contributed by atoms with van der Waals surface area (Å²) in [5, 5.41) is 18.1. The number of nitro groups is 1. The normalized spacial score (nSPS) is 10.6. The number of halogens is 1. The Morgan fingerprint density at radius 2 is 2.03 bits per heavy atom. The van der Waals surface area contributed by atoms with Gasteiger partial charge >= 0.3 is 5.82 Å². The molecule has 1 aromatic heterocycles. The Bertz CT molecular complexity index is 1080. The van der Waals surface area contributed by atoms with Crippen LogP contribution in [0.5, 0.6) is 5.75 Å². The number of aryl methyl sites for hydroxylation is 2. The fraction of sp³-hybridized carbons (Fsp3) is 0.238. The molecule has 9 heteroatoms. The summed E-state index contributed by atoms with van der Waals surface area (Å²) in [5.74, 6) is 0.291. The lowest BCUT2D eigenvalue weighted by atomic mass is 10.1. The molecule has 3 aromatic rings. The van der Waals surface area contributed by atoms with Crippen molar-refractivity contribution in [2.75, 3.05) is 6.54 Å². The van der Waals surface area contributed by atoms with Gasteiger partial charge in [-0.15, -0.1) is 0 Å².